The number of nitrogens with one attached hydrogen (secondary N) is 1. The number of benzene rings is 6. The van der Waals surface area contributed by atoms with E-state index in [0.717, 1.165) is 50.1 Å². The molecule has 64 heavy (non-hydrogen) atoms. The van der Waals surface area contributed by atoms with Crippen LogP contribution in [-0.2, 0) is 21.1 Å². The molecule has 10 aromatic rings. The number of imidazole rings is 4. The number of alkyl halides is 1. The zero-order chi connectivity index (χ0) is 44.6. The van der Waals surface area contributed by atoms with Gasteiger partial charge in [-0.05, 0) is 109 Å². The molecule has 0 amide bonds. The van der Waals surface area contributed by atoms with E-state index in [1.165, 1.54) is 60.7 Å². The van der Waals surface area contributed by atoms with Gasteiger partial charge in [0.2, 0.25) is 17.7 Å². The Morgan fingerprint density at radius 3 is 1.58 bits per heavy atom. The maximum atomic E-state index is 13.0. The van der Waals surface area contributed by atoms with Crippen LogP contribution in [-0.4, -0.2) is 56.5 Å². The molecule has 0 aliphatic rings. The summed E-state index contributed by atoms with van der Waals surface area (Å²) >= 11 is 3.03. The quantitative estimate of drug-likeness (QED) is 0.120. The molecule has 0 saturated carbocycles. The highest BCUT2D eigenvalue weighted by molar-refractivity contribution is 9.09. The van der Waals surface area contributed by atoms with Crippen molar-refractivity contribution in [2.75, 3.05) is 22.9 Å². The van der Waals surface area contributed by atoms with Gasteiger partial charge in [0.1, 0.15) is 17.5 Å². The third-order valence-electron chi connectivity index (χ3n) is 10.1. The summed E-state index contributed by atoms with van der Waals surface area (Å²) in [6.45, 7) is 0.114. The van der Waals surface area contributed by atoms with Crippen molar-refractivity contribution in [3.8, 4) is 11.3 Å². The molecule has 4 aromatic heterocycles. The summed E-state index contributed by atoms with van der Waals surface area (Å²) in [5, 5.41) is 3.30. The lowest BCUT2D eigenvalue weighted by molar-refractivity contribution is 0.100. The first kappa shape index (κ1) is 46.5. The molecule has 0 bridgehead atoms. The summed E-state index contributed by atoms with van der Waals surface area (Å²) in [7, 11) is 5.80. The number of carbonyl (C=O) groups excluding carboxylic acids is 2. The second-order valence-electron chi connectivity index (χ2n) is 14.2. The van der Waals surface area contributed by atoms with E-state index in [0.29, 0.717) is 23.0 Å². The van der Waals surface area contributed by atoms with Gasteiger partial charge in [-0.15, -0.1) is 17.0 Å². The minimum atomic E-state index is -0.352. The van der Waals surface area contributed by atoms with E-state index < -0.39 is 0 Å². The van der Waals surface area contributed by atoms with E-state index in [9.17, 15) is 22.8 Å². The van der Waals surface area contributed by atoms with Gasteiger partial charge in [0.05, 0.1) is 50.7 Å². The number of hydrogen-bond acceptors (Lipinski definition) is 7. The highest BCUT2D eigenvalue weighted by atomic mass is 79.9. The average molecular weight is 994 g/mol. The Hall–Kier alpha value is -7.04. The number of nitrogens with two attached hydrogens (primary N) is 1. The second kappa shape index (κ2) is 20.9. The van der Waals surface area contributed by atoms with Gasteiger partial charge in [-0.1, -0.05) is 52.3 Å². The standard InChI is InChI=1S/C16H14FN3O.C16H12FN3.C8H6BrFO.C8H9N3.BrH/c1-20-14-5-3-2-4-13(14)19-16(20)18-10-15(21)11-6-8-12(17)9-7-11;1-19-14-4-2-3-5-15(14)20-10-13(18-16(19)20)11-6-8-12(17)9-7-11;9-5-8(11)6-1-3-7(10)4-2-6;1-11-7-5-3-2-4-6(7)10-8(11)9;/h2-9H,10H2,1H3,(H,18,19);2-10H,1H3;1-4H,5H2;2-5H,1H3,(H2,9,10);1H. The van der Waals surface area contributed by atoms with Gasteiger partial charge in [0.25, 0.3) is 0 Å². The van der Waals surface area contributed by atoms with E-state index in [1.807, 2.05) is 97.1 Å². The molecule has 0 unspecified atom stereocenters. The minimum Gasteiger partial charge on any atom is -0.369 e. The first-order valence-corrected chi connectivity index (χ1v) is 20.7. The number of rotatable bonds is 7. The molecule has 0 atom stereocenters. The minimum absolute atomic E-state index is 0. The maximum absolute atomic E-state index is 13.0. The van der Waals surface area contributed by atoms with Crippen molar-refractivity contribution < 1.29 is 22.8 Å². The van der Waals surface area contributed by atoms with Crippen molar-refractivity contribution in [1.29, 1.82) is 0 Å². The Kier molecular flexibility index (Phi) is 15.2. The molecular formula is C48H42Br2F3N9O2. The van der Waals surface area contributed by atoms with E-state index in [4.69, 9.17) is 5.73 Å². The summed E-state index contributed by atoms with van der Waals surface area (Å²) < 4.78 is 46.0. The lowest BCUT2D eigenvalue weighted by atomic mass is 10.1. The lowest BCUT2D eigenvalue weighted by Crippen LogP contribution is -2.16. The predicted molar refractivity (Wildman–Crippen MR) is 257 cm³/mol. The number of Topliss-reactive ketones (excluding diaryl/α,β-unsaturated/α-hetero) is 2. The van der Waals surface area contributed by atoms with Crippen LogP contribution in [0, 0.1) is 17.5 Å². The van der Waals surface area contributed by atoms with Gasteiger partial charge in [-0.25, -0.2) is 28.1 Å². The van der Waals surface area contributed by atoms with Crippen molar-refractivity contribution in [3.05, 3.63) is 180 Å². The number of ketones is 2. The molecule has 10 rings (SSSR count). The van der Waals surface area contributed by atoms with Crippen LogP contribution in [0.3, 0.4) is 0 Å². The van der Waals surface area contributed by atoms with Crippen LogP contribution in [0.4, 0.5) is 25.1 Å². The molecule has 16 heteroatoms. The molecule has 0 spiro atoms. The second-order valence-corrected chi connectivity index (χ2v) is 14.8. The largest absolute Gasteiger partial charge is 0.369 e. The fraction of sp³-hybridized carbons (Fsp3) is 0.104. The van der Waals surface area contributed by atoms with Crippen LogP contribution in [0.25, 0.3) is 50.1 Å². The normalized spacial score (nSPS) is 10.6. The van der Waals surface area contributed by atoms with Crippen molar-refractivity contribution in [2.24, 2.45) is 21.1 Å². The third-order valence-corrected chi connectivity index (χ3v) is 10.6. The molecule has 0 fully saturated rings. The monoisotopic (exact) mass is 991 g/mol. The summed E-state index contributed by atoms with van der Waals surface area (Å²) in [6, 6.07) is 41.2. The Labute approximate surface area is 384 Å². The molecule has 0 radical (unpaired) electrons. The van der Waals surface area contributed by atoms with E-state index in [1.54, 1.807) is 12.1 Å². The SMILES string of the molecule is Br.Cn1c(N)nc2ccccc21.Cn1c(NCC(=O)c2ccc(F)cc2)nc2ccccc21.Cn1c2ccccc2n2cc(-c3ccc(F)cc3)nc12.O=C(CBr)c1ccc(F)cc1. The predicted octanol–water partition coefficient (Wildman–Crippen LogP) is 10.8. The first-order valence-electron chi connectivity index (χ1n) is 19.6. The number of para-hydroxylation sites is 6. The van der Waals surface area contributed by atoms with Gasteiger partial charge >= 0.3 is 0 Å². The number of aromatic nitrogens is 7. The summed E-state index contributed by atoms with van der Waals surface area (Å²) in [6.07, 6.45) is 1.99. The molecule has 11 nitrogen and oxygen atoms in total. The van der Waals surface area contributed by atoms with Crippen LogP contribution in [0.2, 0.25) is 0 Å². The molecular weight excluding hydrogens is 951 g/mol. The number of fused-ring (bicyclic) bond motifs is 5. The summed E-state index contributed by atoms with van der Waals surface area (Å²) in [5.41, 5.74) is 14.5. The lowest BCUT2D eigenvalue weighted by Gasteiger charge is -2.05. The highest BCUT2D eigenvalue weighted by Crippen LogP contribution is 2.25. The van der Waals surface area contributed by atoms with Crippen molar-refractivity contribution in [1.82, 2.24) is 33.1 Å². The van der Waals surface area contributed by atoms with Crippen LogP contribution < -0.4 is 11.1 Å². The first-order chi connectivity index (χ1) is 30.4. The highest BCUT2D eigenvalue weighted by Gasteiger charge is 2.13. The van der Waals surface area contributed by atoms with Crippen LogP contribution in [0.1, 0.15) is 20.7 Å². The maximum Gasteiger partial charge on any atom is 0.215 e. The number of halogens is 5. The van der Waals surface area contributed by atoms with Gasteiger partial charge in [-0.2, -0.15) is 0 Å². The number of nitrogens with zero attached hydrogens (tertiary/aromatic N) is 7. The summed E-state index contributed by atoms with van der Waals surface area (Å²) in [5.74, 6) is 1.02. The van der Waals surface area contributed by atoms with Gasteiger partial charge in [-0.3, -0.25) is 14.0 Å². The fourth-order valence-corrected chi connectivity index (χ4v) is 7.00. The zero-order valence-corrected chi connectivity index (χ0v) is 38.1. The number of carbonyl (C=O) groups is 2. The molecule has 6 aromatic carbocycles. The number of aryl methyl sites for hydroxylation is 3. The smallest absolute Gasteiger partial charge is 0.215 e. The van der Waals surface area contributed by atoms with Crippen LogP contribution in [0.15, 0.2) is 152 Å². The Bertz CT molecular complexity index is 3180. The van der Waals surface area contributed by atoms with E-state index in [-0.39, 0.29) is 57.9 Å². The molecule has 0 aliphatic heterocycles. The third kappa shape index (κ3) is 10.6. The van der Waals surface area contributed by atoms with E-state index >= 15 is 0 Å². The van der Waals surface area contributed by atoms with Gasteiger partial charge in [0.15, 0.2) is 11.6 Å². The topological polar surface area (TPSA) is 130 Å². The fourth-order valence-electron chi connectivity index (χ4n) is 6.68. The van der Waals surface area contributed by atoms with Crippen molar-refractivity contribution in [3.63, 3.8) is 0 Å². The molecule has 0 saturated heterocycles. The Morgan fingerprint density at radius 2 is 1.05 bits per heavy atom. The number of anilines is 2. The van der Waals surface area contributed by atoms with Gasteiger partial charge < -0.3 is 24.8 Å². The Balaban J connectivity index is 0.000000147. The molecule has 0 aliphatic carbocycles. The Morgan fingerprint density at radius 1 is 0.578 bits per heavy atom. The summed E-state index contributed by atoms with van der Waals surface area (Å²) in [4.78, 5) is 36.2. The zero-order valence-electron chi connectivity index (χ0n) is 34.8. The van der Waals surface area contributed by atoms with Crippen LogP contribution >= 0.6 is 32.9 Å². The molecule has 3 N–H and O–H groups in total. The van der Waals surface area contributed by atoms with Gasteiger partial charge in [0, 0.05) is 44.0 Å². The number of hydrogen-bond donors (Lipinski definition) is 2. The van der Waals surface area contributed by atoms with Crippen molar-refractivity contribution >= 4 is 95.3 Å². The average Bonchev–Trinajstić information content (AvgIpc) is 4.04. The van der Waals surface area contributed by atoms with Crippen LogP contribution in [0.5, 0.6) is 0 Å². The molecule has 326 valence electrons. The number of nitrogen functional groups attached to an aromatic ring is 1. The molecule has 4 heterocycles. The van der Waals surface area contributed by atoms with Crippen molar-refractivity contribution in [2.45, 2.75) is 0 Å². The van der Waals surface area contributed by atoms with E-state index in [2.05, 4.69) is 57.3 Å².